The van der Waals surface area contributed by atoms with Crippen molar-refractivity contribution in [1.82, 2.24) is 34.6 Å². The van der Waals surface area contributed by atoms with Gasteiger partial charge in [-0.05, 0) is 54.6 Å². The number of fused-ring (bicyclic) bond motifs is 2. The lowest BCUT2D eigenvalue weighted by Crippen LogP contribution is -2.39. The van der Waals surface area contributed by atoms with Crippen LogP contribution in [0.1, 0.15) is 25.0 Å². The first-order valence-electron chi connectivity index (χ1n) is 12.1. The number of anilines is 2. The Balaban J connectivity index is 1.46. The number of rotatable bonds is 4. The molecule has 0 bridgehead atoms. The summed E-state index contributed by atoms with van der Waals surface area (Å²) in [4.78, 5) is 33.5. The molecule has 1 aliphatic heterocycles. The Morgan fingerprint density at radius 3 is 2.68 bits per heavy atom. The molecular formula is C28H26N8O. The molecule has 0 atom stereocenters. The van der Waals surface area contributed by atoms with Crippen LogP contribution in [0.2, 0.25) is 0 Å². The number of hydrogen-bond donors (Lipinski definition) is 1. The van der Waals surface area contributed by atoms with E-state index < -0.39 is 0 Å². The van der Waals surface area contributed by atoms with Gasteiger partial charge in [0.1, 0.15) is 11.2 Å². The third kappa shape index (κ3) is 4.23. The first-order chi connectivity index (χ1) is 17.9. The smallest absolute Gasteiger partial charge is 0.282 e. The third-order valence-corrected chi connectivity index (χ3v) is 6.63. The lowest BCUT2D eigenvalue weighted by molar-refractivity contribution is 0.236. The minimum atomic E-state index is -0.326. The Morgan fingerprint density at radius 2 is 1.89 bits per heavy atom. The number of benzene rings is 1. The van der Waals surface area contributed by atoms with Crippen LogP contribution < -0.4 is 10.9 Å². The van der Waals surface area contributed by atoms with Crippen LogP contribution in [0.25, 0.3) is 28.0 Å². The Hall–Kier alpha value is -4.50. The van der Waals surface area contributed by atoms with Crippen molar-refractivity contribution in [2.45, 2.75) is 25.8 Å². The number of nitrogens with one attached hydrogen (secondary N) is 1. The van der Waals surface area contributed by atoms with E-state index in [0.29, 0.717) is 33.9 Å². The molecule has 1 N–H and O–H groups in total. The van der Waals surface area contributed by atoms with E-state index in [1.165, 1.54) is 15.8 Å². The molecule has 0 unspecified atom stereocenters. The molecule has 9 heteroatoms. The Labute approximate surface area is 213 Å². The van der Waals surface area contributed by atoms with Gasteiger partial charge in [-0.25, -0.2) is 9.97 Å². The zero-order chi connectivity index (χ0) is 25.6. The fraction of sp³-hybridized carbons (Fsp3) is 0.214. The summed E-state index contributed by atoms with van der Waals surface area (Å²) in [5.74, 6) is 0.383. The van der Waals surface area contributed by atoms with Gasteiger partial charge in [0.15, 0.2) is 0 Å². The monoisotopic (exact) mass is 490 g/mol. The van der Waals surface area contributed by atoms with Crippen LogP contribution in [-0.2, 0) is 12.0 Å². The maximum Gasteiger partial charge on any atom is 0.282 e. The number of aromatic nitrogens is 6. The first-order valence-corrected chi connectivity index (χ1v) is 12.1. The minimum absolute atomic E-state index is 0.0811. The van der Waals surface area contributed by atoms with Gasteiger partial charge in [-0.3, -0.25) is 14.8 Å². The molecule has 6 rings (SSSR count). The standard InChI is InChI=1S/C28H26N8O/c1-28(2)17-35(3)16-18-13-19(9-10-22(18)28)32-27-31-15-21-24(33-27)25(23-8-4-5-12-30-23)34-36(26(21)37)20-7-6-11-29-14-20/h4-15H,16-17H2,1-3H3,(H,31,32,33). The second-order valence-electron chi connectivity index (χ2n) is 10.0. The van der Waals surface area contributed by atoms with Gasteiger partial charge in [-0.15, -0.1) is 0 Å². The van der Waals surface area contributed by atoms with Gasteiger partial charge in [0.05, 0.1) is 23.0 Å². The van der Waals surface area contributed by atoms with Crippen LogP contribution in [0.4, 0.5) is 11.6 Å². The van der Waals surface area contributed by atoms with Crippen molar-refractivity contribution in [3.05, 3.63) is 94.8 Å². The molecule has 1 aliphatic rings. The maximum atomic E-state index is 13.4. The first kappa shape index (κ1) is 22.9. The molecule has 5 heterocycles. The normalized spacial score (nSPS) is 14.9. The van der Waals surface area contributed by atoms with Crippen LogP contribution in [0.15, 0.2) is 78.1 Å². The van der Waals surface area contributed by atoms with Crippen molar-refractivity contribution < 1.29 is 0 Å². The lowest BCUT2D eigenvalue weighted by Gasteiger charge is -2.38. The molecule has 1 aromatic carbocycles. The Kier molecular flexibility index (Phi) is 5.49. The van der Waals surface area contributed by atoms with E-state index in [9.17, 15) is 4.79 Å². The van der Waals surface area contributed by atoms with Crippen molar-refractivity contribution in [3.63, 3.8) is 0 Å². The average Bonchev–Trinajstić information content (AvgIpc) is 2.89. The molecule has 0 saturated heterocycles. The predicted octanol–water partition coefficient (Wildman–Crippen LogP) is 4.10. The lowest BCUT2D eigenvalue weighted by atomic mass is 9.78. The van der Waals surface area contributed by atoms with Crippen LogP contribution in [0.5, 0.6) is 0 Å². The van der Waals surface area contributed by atoms with Crippen molar-refractivity contribution in [3.8, 4) is 17.1 Å². The molecule has 0 amide bonds. The molecule has 184 valence electrons. The van der Waals surface area contributed by atoms with Crippen LogP contribution in [0.3, 0.4) is 0 Å². The second kappa shape index (κ2) is 8.86. The van der Waals surface area contributed by atoms with Crippen molar-refractivity contribution in [2.24, 2.45) is 0 Å². The van der Waals surface area contributed by atoms with E-state index in [2.05, 4.69) is 69.4 Å². The van der Waals surface area contributed by atoms with Gasteiger partial charge in [0, 0.05) is 42.8 Å². The molecule has 0 saturated carbocycles. The van der Waals surface area contributed by atoms with Crippen molar-refractivity contribution in [2.75, 3.05) is 18.9 Å². The molecule has 4 aromatic heterocycles. The zero-order valence-corrected chi connectivity index (χ0v) is 20.9. The van der Waals surface area contributed by atoms with Crippen LogP contribution in [0, 0.1) is 0 Å². The quantitative estimate of drug-likeness (QED) is 0.402. The number of pyridine rings is 2. The Morgan fingerprint density at radius 1 is 1.00 bits per heavy atom. The fourth-order valence-corrected chi connectivity index (χ4v) is 5.11. The van der Waals surface area contributed by atoms with Gasteiger partial charge in [-0.1, -0.05) is 26.0 Å². The SMILES string of the molecule is CN1Cc2cc(Nc3ncc4c(=O)n(-c5cccnc5)nc(-c5ccccn5)c4n3)ccc2C(C)(C)C1. The summed E-state index contributed by atoms with van der Waals surface area (Å²) < 4.78 is 1.32. The van der Waals surface area contributed by atoms with Gasteiger partial charge >= 0.3 is 0 Å². The molecule has 0 fully saturated rings. The highest BCUT2D eigenvalue weighted by molar-refractivity contribution is 5.90. The highest BCUT2D eigenvalue weighted by atomic mass is 16.1. The van der Waals surface area contributed by atoms with E-state index in [1.54, 1.807) is 36.9 Å². The molecule has 37 heavy (non-hydrogen) atoms. The van der Waals surface area contributed by atoms with Crippen molar-refractivity contribution >= 4 is 22.5 Å². The van der Waals surface area contributed by atoms with Gasteiger partial charge in [-0.2, -0.15) is 9.78 Å². The highest BCUT2D eigenvalue weighted by Crippen LogP contribution is 2.34. The van der Waals surface area contributed by atoms with E-state index >= 15 is 0 Å². The average molecular weight is 491 g/mol. The summed E-state index contributed by atoms with van der Waals surface area (Å²) in [6.45, 7) is 6.44. The summed E-state index contributed by atoms with van der Waals surface area (Å²) in [5, 5.41) is 8.32. The van der Waals surface area contributed by atoms with E-state index in [-0.39, 0.29) is 11.0 Å². The van der Waals surface area contributed by atoms with Crippen molar-refractivity contribution in [1.29, 1.82) is 0 Å². The summed E-state index contributed by atoms with van der Waals surface area (Å²) in [6.07, 6.45) is 6.47. The minimum Gasteiger partial charge on any atom is -0.324 e. The van der Waals surface area contributed by atoms with E-state index in [4.69, 9.17) is 4.98 Å². The zero-order valence-electron chi connectivity index (χ0n) is 20.9. The Bertz CT molecular complexity index is 1670. The molecule has 9 nitrogen and oxygen atoms in total. The van der Waals surface area contributed by atoms with Gasteiger partial charge in [0.25, 0.3) is 5.56 Å². The number of likely N-dealkylation sites (N-methyl/N-ethyl adjacent to an activating group) is 1. The highest BCUT2D eigenvalue weighted by Gasteiger charge is 2.30. The van der Waals surface area contributed by atoms with Crippen LogP contribution in [-0.4, -0.2) is 48.2 Å². The molecule has 0 aliphatic carbocycles. The molecule has 0 spiro atoms. The summed E-state index contributed by atoms with van der Waals surface area (Å²) in [7, 11) is 2.14. The predicted molar refractivity (Wildman–Crippen MR) is 143 cm³/mol. The van der Waals surface area contributed by atoms with E-state index in [0.717, 1.165) is 18.8 Å². The summed E-state index contributed by atoms with van der Waals surface area (Å²) in [5.41, 5.74) is 5.35. The largest absolute Gasteiger partial charge is 0.324 e. The van der Waals surface area contributed by atoms with E-state index in [1.807, 2.05) is 18.2 Å². The van der Waals surface area contributed by atoms with Crippen LogP contribution >= 0.6 is 0 Å². The second-order valence-corrected chi connectivity index (χ2v) is 10.0. The van der Waals surface area contributed by atoms with Gasteiger partial charge < -0.3 is 10.2 Å². The number of nitrogens with zero attached hydrogens (tertiary/aromatic N) is 7. The third-order valence-electron chi connectivity index (χ3n) is 6.63. The summed E-state index contributed by atoms with van der Waals surface area (Å²) in [6, 6.07) is 15.5. The summed E-state index contributed by atoms with van der Waals surface area (Å²) >= 11 is 0. The molecule has 0 radical (unpaired) electrons. The molecular weight excluding hydrogens is 464 g/mol. The molecule has 5 aromatic rings. The topological polar surface area (TPSA) is 102 Å². The fourth-order valence-electron chi connectivity index (χ4n) is 5.11. The maximum absolute atomic E-state index is 13.4. The number of hydrogen-bond acceptors (Lipinski definition) is 8. The van der Waals surface area contributed by atoms with Gasteiger partial charge in [0.2, 0.25) is 5.95 Å².